The number of nitrogens with one attached hydrogen (secondary N) is 1. The fraction of sp³-hybridized carbons (Fsp3) is 0.500. The summed E-state index contributed by atoms with van der Waals surface area (Å²) < 4.78 is 0. The van der Waals surface area contributed by atoms with Crippen LogP contribution >= 0.6 is 11.6 Å². The minimum absolute atomic E-state index is 0.280. The largest absolute Gasteiger partial charge is 0.257 e. The molecule has 0 saturated carbocycles. The lowest BCUT2D eigenvalue weighted by Crippen LogP contribution is -2.09. The molecule has 0 aromatic carbocycles. The molecule has 0 atom stereocenters. The molecule has 8 heavy (non-hydrogen) atoms. The fourth-order valence-electron chi connectivity index (χ4n) is 0.239. The van der Waals surface area contributed by atoms with Crippen molar-refractivity contribution in [2.45, 2.75) is 6.92 Å². The highest BCUT2D eigenvalue weighted by atomic mass is 35.5. The van der Waals surface area contributed by atoms with Crippen LogP contribution in [0.3, 0.4) is 0 Å². The van der Waals surface area contributed by atoms with Crippen molar-refractivity contribution in [3.8, 4) is 0 Å². The predicted octanol–water partition coefficient (Wildman–Crippen LogP) is 0.806. The van der Waals surface area contributed by atoms with Crippen LogP contribution in [0.5, 0.6) is 0 Å². The summed E-state index contributed by atoms with van der Waals surface area (Å²) in [5.41, 5.74) is 2.38. The van der Waals surface area contributed by atoms with E-state index < -0.39 is 0 Å². The average Bonchev–Trinajstić information content (AvgIpc) is 1.68. The zero-order chi connectivity index (χ0) is 6.41. The molecule has 46 valence electrons. The Kier molecular flexibility index (Phi) is 4.26. The zero-order valence-corrected chi connectivity index (χ0v) is 5.44. The minimum Gasteiger partial charge on any atom is -0.257 e. The van der Waals surface area contributed by atoms with Gasteiger partial charge in [0, 0.05) is 13.3 Å². The number of rotatable bonds is 2. The first-order chi connectivity index (χ1) is 3.81. The van der Waals surface area contributed by atoms with Crippen molar-refractivity contribution < 1.29 is 0 Å². The Bertz CT molecular complexity index is 99.5. The van der Waals surface area contributed by atoms with Gasteiger partial charge in [-0.25, -0.2) is 0 Å². The number of halogens is 1. The Hall–Kier alpha value is -0.570. The molecule has 1 N–H and O–H groups in total. The third-order valence-corrected chi connectivity index (χ3v) is 0.672. The van der Waals surface area contributed by atoms with Crippen molar-refractivity contribution in [3.63, 3.8) is 0 Å². The molecule has 0 aromatic rings. The van der Waals surface area contributed by atoms with Crippen molar-refractivity contribution in [1.29, 1.82) is 0 Å². The van der Waals surface area contributed by atoms with Crippen molar-refractivity contribution in [1.82, 2.24) is 5.43 Å². The van der Waals surface area contributed by atoms with Gasteiger partial charge in [0.15, 0.2) is 0 Å². The highest BCUT2D eigenvalue weighted by Crippen LogP contribution is 1.79. The summed E-state index contributed by atoms with van der Waals surface area (Å²) in [6.07, 6.45) is 0. The van der Waals surface area contributed by atoms with Gasteiger partial charge in [-0.05, 0) is 18.5 Å². The normalized spacial score (nSPS) is 11.0. The molecular weight excluding hydrogens is 126 g/mol. The lowest BCUT2D eigenvalue weighted by atomic mass is 10.8. The first-order valence-electron chi connectivity index (χ1n) is 2.23. The Morgan fingerprint density at radius 2 is 2.50 bits per heavy atom. The minimum atomic E-state index is 0.280. The Balaban J connectivity index is 3.44. The van der Waals surface area contributed by atoms with Crippen LogP contribution in [0.25, 0.3) is 0 Å². The summed E-state index contributed by atoms with van der Waals surface area (Å²) in [6.45, 7) is 5.69. The van der Waals surface area contributed by atoms with E-state index in [0.29, 0.717) is 6.54 Å². The van der Waals surface area contributed by atoms with E-state index >= 15 is 0 Å². The molecule has 0 spiro atoms. The van der Waals surface area contributed by atoms with Gasteiger partial charge in [0.2, 0.25) is 5.29 Å². The smallest absolute Gasteiger partial charge is 0.211 e. The second-order valence-electron chi connectivity index (χ2n) is 1.04. The number of hydrogen-bond acceptors (Lipinski definition) is 2. The van der Waals surface area contributed by atoms with E-state index in [1.807, 2.05) is 6.92 Å². The van der Waals surface area contributed by atoms with Crippen LogP contribution in [0.1, 0.15) is 6.92 Å². The number of hydrazone groups is 1. The SMILES string of the molecule is C=NN/C(Cl)=N\CC. The summed E-state index contributed by atoms with van der Waals surface area (Å²) in [5.74, 6) is 0. The molecule has 0 heterocycles. The van der Waals surface area contributed by atoms with Gasteiger partial charge in [0.25, 0.3) is 0 Å². The molecule has 0 aliphatic rings. The standard InChI is InChI=1S/C4H8ClN3/c1-3-7-4(5)8-6-2/h2-3H2,1H3,(H,7,8). The summed E-state index contributed by atoms with van der Waals surface area (Å²) >= 11 is 5.39. The molecule has 0 aliphatic carbocycles. The van der Waals surface area contributed by atoms with Gasteiger partial charge < -0.3 is 0 Å². The van der Waals surface area contributed by atoms with Crippen LogP contribution in [0, 0.1) is 0 Å². The lowest BCUT2D eigenvalue weighted by molar-refractivity contribution is 1.02. The van der Waals surface area contributed by atoms with E-state index in [1.165, 1.54) is 0 Å². The van der Waals surface area contributed by atoms with Gasteiger partial charge in [0.05, 0.1) is 0 Å². The first-order valence-corrected chi connectivity index (χ1v) is 2.60. The van der Waals surface area contributed by atoms with E-state index in [2.05, 4.69) is 22.2 Å². The van der Waals surface area contributed by atoms with E-state index in [9.17, 15) is 0 Å². The van der Waals surface area contributed by atoms with Crippen LogP contribution in [0.15, 0.2) is 10.1 Å². The van der Waals surface area contributed by atoms with Crippen LogP contribution in [0.4, 0.5) is 0 Å². The number of amidine groups is 1. The Labute approximate surface area is 53.4 Å². The molecule has 0 aliphatic heterocycles. The molecule has 0 bridgehead atoms. The third-order valence-electron chi connectivity index (χ3n) is 0.468. The van der Waals surface area contributed by atoms with Gasteiger partial charge >= 0.3 is 0 Å². The van der Waals surface area contributed by atoms with Gasteiger partial charge in [-0.2, -0.15) is 5.10 Å². The molecule has 0 radical (unpaired) electrons. The first kappa shape index (κ1) is 7.43. The second kappa shape index (κ2) is 4.59. The molecule has 0 saturated heterocycles. The molecule has 0 unspecified atom stereocenters. The second-order valence-corrected chi connectivity index (χ2v) is 1.39. The quantitative estimate of drug-likeness (QED) is 0.257. The van der Waals surface area contributed by atoms with Crippen molar-refractivity contribution in [2.75, 3.05) is 6.54 Å². The lowest BCUT2D eigenvalue weighted by Gasteiger charge is -1.90. The monoisotopic (exact) mass is 133 g/mol. The van der Waals surface area contributed by atoms with Gasteiger partial charge in [-0.1, -0.05) is 0 Å². The van der Waals surface area contributed by atoms with Crippen LogP contribution in [-0.2, 0) is 0 Å². The Morgan fingerprint density at radius 3 is 2.88 bits per heavy atom. The average molecular weight is 134 g/mol. The molecule has 0 amide bonds. The van der Waals surface area contributed by atoms with E-state index in [-0.39, 0.29) is 5.29 Å². The maximum absolute atomic E-state index is 5.39. The number of nitrogens with zero attached hydrogens (tertiary/aromatic N) is 2. The van der Waals surface area contributed by atoms with Crippen LogP contribution in [-0.4, -0.2) is 18.6 Å². The molecule has 4 heteroatoms. The van der Waals surface area contributed by atoms with Crippen molar-refractivity contribution in [3.05, 3.63) is 0 Å². The molecule has 0 fully saturated rings. The van der Waals surface area contributed by atoms with Crippen molar-refractivity contribution in [2.24, 2.45) is 10.1 Å². The summed E-state index contributed by atoms with van der Waals surface area (Å²) in [4.78, 5) is 3.75. The highest BCUT2D eigenvalue weighted by molar-refractivity contribution is 6.64. The number of aliphatic imine (C=N–C) groups is 1. The maximum atomic E-state index is 5.39. The van der Waals surface area contributed by atoms with Crippen LogP contribution < -0.4 is 5.43 Å². The van der Waals surface area contributed by atoms with Gasteiger partial charge in [-0.15, -0.1) is 0 Å². The van der Waals surface area contributed by atoms with E-state index in [0.717, 1.165) is 0 Å². The predicted molar refractivity (Wildman–Crippen MR) is 36.5 cm³/mol. The Morgan fingerprint density at radius 1 is 1.88 bits per heavy atom. The summed E-state index contributed by atoms with van der Waals surface area (Å²) in [7, 11) is 0. The molecule has 0 rings (SSSR count). The van der Waals surface area contributed by atoms with E-state index in [4.69, 9.17) is 11.6 Å². The topological polar surface area (TPSA) is 36.8 Å². The maximum Gasteiger partial charge on any atom is 0.211 e. The molecule has 3 nitrogen and oxygen atoms in total. The van der Waals surface area contributed by atoms with E-state index in [1.54, 1.807) is 0 Å². The van der Waals surface area contributed by atoms with Crippen LogP contribution in [0.2, 0.25) is 0 Å². The van der Waals surface area contributed by atoms with Gasteiger partial charge in [-0.3, -0.25) is 10.4 Å². The molecule has 0 aromatic heterocycles. The summed E-state index contributed by atoms with van der Waals surface area (Å²) in [5, 5.41) is 3.57. The zero-order valence-electron chi connectivity index (χ0n) is 4.69. The fourth-order valence-corrected chi connectivity index (χ4v) is 0.419. The molecular formula is C4H8ClN3. The highest BCUT2D eigenvalue weighted by Gasteiger charge is 1.82. The third kappa shape index (κ3) is 3.61. The van der Waals surface area contributed by atoms with Crippen molar-refractivity contribution >= 4 is 23.6 Å². The van der Waals surface area contributed by atoms with Gasteiger partial charge in [0.1, 0.15) is 0 Å². The number of hydrogen-bond donors (Lipinski definition) is 1. The summed E-state index contributed by atoms with van der Waals surface area (Å²) in [6, 6.07) is 0.